The van der Waals surface area contributed by atoms with Crippen LogP contribution in [0.1, 0.15) is 12.5 Å². The maximum atomic E-state index is 12.1. The van der Waals surface area contributed by atoms with Crippen LogP contribution in [0.3, 0.4) is 0 Å². The molecular weight excluding hydrogens is 352 g/mol. The van der Waals surface area contributed by atoms with Crippen molar-refractivity contribution in [3.05, 3.63) is 60.2 Å². The van der Waals surface area contributed by atoms with Crippen molar-refractivity contribution >= 4 is 35.6 Å². The van der Waals surface area contributed by atoms with Gasteiger partial charge in [-0.3, -0.25) is 4.79 Å². The van der Waals surface area contributed by atoms with Gasteiger partial charge in [-0.15, -0.1) is 11.8 Å². The quantitative estimate of drug-likeness (QED) is 0.456. The third-order valence-electron chi connectivity index (χ3n) is 3.60. The lowest BCUT2D eigenvalue weighted by Crippen LogP contribution is -2.30. The van der Waals surface area contributed by atoms with Crippen molar-refractivity contribution in [2.75, 3.05) is 11.5 Å². The number of ether oxygens (including phenoxy) is 1. The smallest absolute Gasteiger partial charge is 0.253 e. The molecule has 2 aromatic rings. The summed E-state index contributed by atoms with van der Waals surface area (Å²) in [7, 11) is 0. The molecule has 1 heterocycles. The van der Waals surface area contributed by atoms with Gasteiger partial charge in [-0.05, 0) is 48.9 Å². The van der Waals surface area contributed by atoms with Crippen LogP contribution in [0.15, 0.2) is 64.6 Å². The van der Waals surface area contributed by atoms with Crippen LogP contribution in [0, 0.1) is 0 Å². The maximum absolute atomic E-state index is 12.1. The lowest BCUT2D eigenvalue weighted by Gasteiger charge is -2.25. The topological polar surface area (TPSA) is 50.7 Å². The molecule has 0 saturated carbocycles. The average molecular weight is 373 g/mol. The van der Waals surface area contributed by atoms with Gasteiger partial charge in [0.2, 0.25) is 0 Å². The predicted molar refractivity (Wildman–Crippen MR) is 106 cm³/mol. The minimum absolute atomic E-state index is 0.118. The molecule has 2 aromatic carbocycles. The fraction of sp³-hybridized carbons (Fsp3) is 0.263. The van der Waals surface area contributed by atoms with E-state index >= 15 is 0 Å². The molecule has 0 aromatic heterocycles. The number of benzene rings is 2. The van der Waals surface area contributed by atoms with E-state index in [0.29, 0.717) is 6.10 Å². The van der Waals surface area contributed by atoms with E-state index in [1.165, 1.54) is 11.8 Å². The highest BCUT2D eigenvalue weighted by molar-refractivity contribution is 8.00. The lowest BCUT2D eigenvalue weighted by atomic mass is 10.2. The van der Waals surface area contributed by atoms with Gasteiger partial charge in [0.25, 0.3) is 5.91 Å². The van der Waals surface area contributed by atoms with E-state index in [4.69, 9.17) is 4.74 Å². The summed E-state index contributed by atoms with van der Waals surface area (Å²) in [4.78, 5) is 13.1. The first-order valence-electron chi connectivity index (χ1n) is 8.10. The van der Waals surface area contributed by atoms with Crippen molar-refractivity contribution < 1.29 is 9.53 Å². The molecule has 0 bridgehead atoms. The second-order valence-electron chi connectivity index (χ2n) is 5.65. The number of hydrogen-bond acceptors (Lipinski definition) is 5. The molecule has 0 spiro atoms. The minimum Gasteiger partial charge on any atom is -0.489 e. The summed E-state index contributed by atoms with van der Waals surface area (Å²) in [5, 5.41) is 3.83. The number of nitrogens with zero attached hydrogens (tertiary/aromatic N) is 1. The molecule has 25 heavy (non-hydrogen) atoms. The Bertz CT molecular complexity index is 716. The van der Waals surface area contributed by atoms with E-state index < -0.39 is 0 Å². The molecule has 6 heteroatoms. The van der Waals surface area contributed by atoms with Crippen molar-refractivity contribution in [3.8, 4) is 5.75 Å². The largest absolute Gasteiger partial charge is 0.489 e. The van der Waals surface area contributed by atoms with Gasteiger partial charge in [0.05, 0.1) is 11.5 Å². The highest BCUT2D eigenvalue weighted by Crippen LogP contribution is 2.24. The summed E-state index contributed by atoms with van der Waals surface area (Å²) < 4.78 is 5.80. The zero-order chi connectivity index (χ0) is 17.5. The van der Waals surface area contributed by atoms with Crippen molar-refractivity contribution in [1.82, 2.24) is 5.43 Å². The van der Waals surface area contributed by atoms with E-state index in [9.17, 15) is 4.79 Å². The third kappa shape index (κ3) is 5.54. The number of carbonyl (C=O) groups excluding carboxylic acids is 1. The number of carbonyl (C=O) groups is 1. The normalized spacial score (nSPS) is 15.6. The van der Waals surface area contributed by atoms with Crippen LogP contribution in [0.5, 0.6) is 5.75 Å². The number of rotatable bonds is 7. The number of hydrazone groups is 1. The molecule has 4 nitrogen and oxygen atoms in total. The first-order chi connectivity index (χ1) is 12.2. The number of thioether (sulfide) groups is 2. The van der Waals surface area contributed by atoms with E-state index in [-0.39, 0.29) is 11.2 Å². The van der Waals surface area contributed by atoms with Crippen LogP contribution in [0.4, 0.5) is 0 Å². The SMILES string of the molecule is C[C@H](Sc1ccccc1)C(=O)N/N=C\c1ccc(OC2CSC2)cc1. The highest BCUT2D eigenvalue weighted by Gasteiger charge is 2.19. The third-order valence-corrected chi connectivity index (χ3v) is 5.93. The number of hydrogen-bond donors (Lipinski definition) is 1. The molecular formula is C19H20N2O2S2. The van der Waals surface area contributed by atoms with Gasteiger partial charge in [0.1, 0.15) is 11.9 Å². The molecule has 0 aliphatic carbocycles. The summed E-state index contributed by atoms with van der Waals surface area (Å²) >= 11 is 3.40. The molecule has 0 radical (unpaired) electrons. The summed E-state index contributed by atoms with van der Waals surface area (Å²) in [5.41, 5.74) is 3.51. The maximum Gasteiger partial charge on any atom is 0.253 e. The van der Waals surface area contributed by atoms with Gasteiger partial charge in [-0.25, -0.2) is 5.43 Å². The van der Waals surface area contributed by atoms with Gasteiger partial charge in [-0.1, -0.05) is 18.2 Å². The Hall–Kier alpha value is -1.92. The average Bonchev–Trinajstić information content (AvgIpc) is 2.60. The zero-order valence-corrected chi connectivity index (χ0v) is 15.6. The van der Waals surface area contributed by atoms with Crippen LogP contribution >= 0.6 is 23.5 Å². The number of amides is 1. The van der Waals surface area contributed by atoms with Crippen LogP contribution in [0.2, 0.25) is 0 Å². The lowest BCUT2D eigenvalue weighted by molar-refractivity contribution is -0.120. The zero-order valence-electron chi connectivity index (χ0n) is 13.9. The molecule has 1 amide bonds. The van der Waals surface area contributed by atoms with Crippen LogP contribution < -0.4 is 10.2 Å². The van der Waals surface area contributed by atoms with Gasteiger partial charge in [-0.2, -0.15) is 16.9 Å². The van der Waals surface area contributed by atoms with Crippen LogP contribution in [-0.2, 0) is 4.79 Å². The summed E-state index contributed by atoms with van der Waals surface area (Å²) in [6.07, 6.45) is 1.98. The van der Waals surface area contributed by atoms with E-state index in [1.54, 1.807) is 6.21 Å². The summed E-state index contributed by atoms with van der Waals surface area (Å²) in [5.74, 6) is 2.88. The fourth-order valence-electron chi connectivity index (χ4n) is 2.13. The molecule has 1 fully saturated rings. The molecule has 130 valence electrons. The van der Waals surface area contributed by atoms with E-state index in [0.717, 1.165) is 27.7 Å². The standard InChI is InChI=1S/C19H20N2O2S2/c1-14(25-18-5-3-2-4-6-18)19(22)21-20-11-15-7-9-16(10-8-15)23-17-12-24-13-17/h2-11,14,17H,12-13H2,1H3,(H,21,22)/b20-11-/t14-/m0/s1. The summed E-state index contributed by atoms with van der Waals surface area (Å²) in [6, 6.07) is 17.6. The second-order valence-corrected chi connectivity index (χ2v) is 8.14. The van der Waals surface area contributed by atoms with Crippen LogP contribution in [0.25, 0.3) is 0 Å². The molecule has 1 saturated heterocycles. The molecule has 0 unspecified atom stereocenters. The fourth-order valence-corrected chi connectivity index (χ4v) is 3.57. The second kappa shape index (κ2) is 8.97. The Balaban J connectivity index is 1.45. The first-order valence-corrected chi connectivity index (χ1v) is 10.1. The Labute approximate surface area is 156 Å². The first kappa shape index (κ1) is 17.9. The highest BCUT2D eigenvalue weighted by atomic mass is 32.2. The van der Waals surface area contributed by atoms with Crippen molar-refractivity contribution in [1.29, 1.82) is 0 Å². The molecule has 1 atom stereocenters. The molecule has 1 aliphatic heterocycles. The molecule has 1 aliphatic rings. The van der Waals surface area contributed by atoms with Gasteiger partial charge >= 0.3 is 0 Å². The number of nitrogens with one attached hydrogen (secondary N) is 1. The monoisotopic (exact) mass is 372 g/mol. The van der Waals surface area contributed by atoms with Crippen molar-refractivity contribution in [2.45, 2.75) is 23.2 Å². The Morgan fingerprint density at radius 2 is 1.96 bits per heavy atom. The van der Waals surface area contributed by atoms with E-state index in [2.05, 4.69) is 10.5 Å². The van der Waals surface area contributed by atoms with Gasteiger partial charge in [0, 0.05) is 16.4 Å². The minimum atomic E-state index is -0.212. The Morgan fingerprint density at radius 3 is 2.60 bits per heavy atom. The van der Waals surface area contributed by atoms with Crippen molar-refractivity contribution in [2.24, 2.45) is 5.10 Å². The van der Waals surface area contributed by atoms with Gasteiger partial charge in [0.15, 0.2) is 0 Å². The Kier molecular flexibility index (Phi) is 6.42. The Morgan fingerprint density at radius 1 is 1.24 bits per heavy atom. The summed E-state index contributed by atoms with van der Waals surface area (Å²) in [6.45, 7) is 1.87. The van der Waals surface area contributed by atoms with Crippen molar-refractivity contribution in [3.63, 3.8) is 0 Å². The van der Waals surface area contributed by atoms with Crippen LogP contribution in [-0.4, -0.2) is 35.0 Å². The molecule has 3 rings (SSSR count). The predicted octanol–water partition coefficient (Wildman–Crippen LogP) is 3.81. The molecule has 1 N–H and O–H groups in total. The van der Waals surface area contributed by atoms with Gasteiger partial charge < -0.3 is 4.74 Å². The van der Waals surface area contributed by atoms with E-state index in [1.807, 2.05) is 73.3 Å².